The topological polar surface area (TPSA) is 86.7 Å². The average molecular weight is 397 g/mol. The molecular weight excluding hydrogens is 364 g/mol. The third-order valence-electron chi connectivity index (χ3n) is 5.33. The summed E-state index contributed by atoms with van der Waals surface area (Å²) in [6, 6.07) is 6.29. The molecule has 0 heterocycles. The number of carbonyl (C=O) groups is 1. The van der Waals surface area contributed by atoms with E-state index in [0.717, 1.165) is 44.9 Å². The van der Waals surface area contributed by atoms with Crippen molar-refractivity contribution in [2.75, 3.05) is 20.2 Å². The molecule has 1 saturated carbocycles. The first-order valence-corrected chi connectivity index (χ1v) is 11.3. The van der Waals surface area contributed by atoms with Crippen LogP contribution in [0.25, 0.3) is 0 Å². The molecule has 0 saturated heterocycles. The van der Waals surface area contributed by atoms with E-state index in [1.165, 1.54) is 10.4 Å². The predicted molar refractivity (Wildman–Crippen MR) is 106 cm³/mol. The lowest BCUT2D eigenvalue weighted by molar-refractivity contribution is 0.0952. The predicted octanol–water partition coefficient (Wildman–Crippen LogP) is 2.78. The molecule has 2 rings (SSSR count). The van der Waals surface area contributed by atoms with Crippen LogP contribution in [0.4, 0.5) is 0 Å². The van der Waals surface area contributed by atoms with Gasteiger partial charge in [-0.3, -0.25) is 4.79 Å². The molecule has 0 bridgehead atoms. The quantitative estimate of drug-likeness (QED) is 0.629. The lowest BCUT2D eigenvalue weighted by Crippen LogP contribution is -2.38. The van der Waals surface area contributed by atoms with Gasteiger partial charge in [0.2, 0.25) is 10.0 Å². The van der Waals surface area contributed by atoms with Gasteiger partial charge in [-0.1, -0.05) is 32.3 Å². The van der Waals surface area contributed by atoms with Crippen molar-refractivity contribution in [3.05, 3.63) is 29.8 Å². The van der Waals surface area contributed by atoms with Crippen molar-refractivity contribution >= 4 is 15.9 Å². The third kappa shape index (κ3) is 6.02. The van der Waals surface area contributed by atoms with Crippen molar-refractivity contribution in [1.29, 1.82) is 0 Å². The number of nitrogens with zero attached hydrogens (tertiary/aromatic N) is 1. The normalized spacial score (nSPS) is 17.0. The highest BCUT2D eigenvalue weighted by atomic mass is 32.2. The third-order valence-corrected chi connectivity index (χ3v) is 7.24. The fraction of sp³-hybridized carbons (Fsp3) is 0.650. The van der Waals surface area contributed by atoms with E-state index in [0.29, 0.717) is 12.1 Å². The van der Waals surface area contributed by atoms with Gasteiger partial charge in [-0.15, -0.1) is 0 Å². The molecule has 27 heavy (non-hydrogen) atoms. The average Bonchev–Trinajstić information content (AvgIpc) is 2.70. The minimum Gasteiger partial charge on any atom is -0.396 e. The van der Waals surface area contributed by atoms with Crippen molar-refractivity contribution in [3.8, 4) is 0 Å². The Morgan fingerprint density at radius 1 is 1.30 bits per heavy atom. The fourth-order valence-electron chi connectivity index (χ4n) is 3.45. The first-order chi connectivity index (χ1) is 12.9. The summed E-state index contributed by atoms with van der Waals surface area (Å²) in [6.45, 7) is 2.60. The van der Waals surface area contributed by atoms with Crippen molar-refractivity contribution in [2.24, 2.45) is 5.92 Å². The zero-order chi connectivity index (χ0) is 19.9. The van der Waals surface area contributed by atoms with E-state index in [1.807, 2.05) is 6.92 Å². The van der Waals surface area contributed by atoms with E-state index in [9.17, 15) is 13.2 Å². The standard InChI is InChI=1S/C20H32N2O4S/c1-16(15-23)8-7-13-21-20(24)17-9-6-12-19(14-17)27(25,26)22(2)18-10-4-3-5-11-18/h6,9,12,14,16,18,23H,3-5,7-8,10-11,13,15H2,1-2H3,(H,21,24)/t16-/m0/s1. The van der Waals surface area contributed by atoms with E-state index < -0.39 is 10.0 Å². The van der Waals surface area contributed by atoms with Crippen LogP contribution in [0.15, 0.2) is 29.2 Å². The summed E-state index contributed by atoms with van der Waals surface area (Å²) < 4.78 is 27.4. The van der Waals surface area contributed by atoms with Gasteiger partial charge in [-0.2, -0.15) is 4.31 Å². The first kappa shape index (κ1) is 21.9. The van der Waals surface area contributed by atoms with Crippen LogP contribution in [0.2, 0.25) is 0 Å². The summed E-state index contributed by atoms with van der Waals surface area (Å²) in [4.78, 5) is 12.5. The Labute approximate surface area is 163 Å². The second-order valence-electron chi connectivity index (χ2n) is 7.53. The molecule has 1 amide bonds. The Kier molecular flexibility index (Phi) is 8.26. The largest absolute Gasteiger partial charge is 0.396 e. The molecule has 152 valence electrons. The fourth-order valence-corrected chi connectivity index (χ4v) is 4.91. The molecule has 7 heteroatoms. The van der Waals surface area contributed by atoms with Crippen LogP contribution in [-0.4, -0.2) is 50.0 Å². The van der Waals surface area contributed by atoms with Gasteiger partial charge in [0.15, 0.2) is 0 Å². The monoisotopic (exact) mass is 396 g/mol. The maximum Gasteiger partial charge on any atom is 0.251 e. The number of hydrogen-bond acceptors (Lipinski definition) is 4. The number of sulfonamides is 1. The second kappa shape index (κ2) is 10.2. The second-order valence-corrected chi connectivity index (χ2v) is 9.52. The molecule has 1 aliphatic carbocycles. The summed E-state index contributed by atoms with van der Waals surface area (Å²) >= 11 is 0. The number of carbonyl (C=O) groups excluding carboxylic acids is 1. The van der Waals surface area contributed by atoms with Crippen molar-refractivity contribution in [1.82, 2.24) is 9.62 Å². The molecule has 2 N–H and O–H groups in total. The smallest absolute Gasteiger partial charge is 0.251 e. The molecule has 0 spiro atoms. The number of nitrogens with one attached hydrogen (secondary N) is 1. The molecule has 1 aliphatic rings. The zero-order valence-corrected chi connectivity index (χ0v) is 17.2. The van der Waals surface area contributed by atoms with Gasteiger partial charge in [0, 0.05) is 31.8 Å². The van der Waals surface area contributed by atoms with Gasteiger partial charge in [0.1, 0.15) is 0 Å². The van der Waals surface area contributed by atoms with Gasteiger partial charge in [0.25, 0.3) is 5.91 Å². The summed E-state index contributed by atoms with van der Waals surface area (Å²) in [5, 5.41) is 11.8. The zero-order valence-electron chi connectivity index (χ0n) is 16.4. The van der Waals surface area contributed by atoms with Gasteiger partial charge in [0.05, 0.1) is 4.90 Å². The van der Waals surface area contributed by atoms with Crippen LogP contribution in [0.5, 0.6) is 0 Å². The number of rotatable bonds is 9. The maximum absolute atomic E-state index is 12.9. The summed E-state index contributed by atoms with van der Waals surface area (Å²) in [7, 11) is -1.97. The van der Waals surface area contributed by atoms with Gasteiger partial charge in [-0.25, -0.2) is 8.42 Å². The maximum atomic E-state index is 12.9. The van der Waals surface area contributed by atoms with E-state index in [1.54, 1.807) is 25.2 Å². The van der Waals surface area contributed by atoms with Gasteiger partial charge < -0.3 is 10.4 Å². The molecule has 1 aromatic rings. The minimum atomic E-state index is -3.61. The molecule has 1 fully saturated rings. The van der Waals surface area contributed by atoms with E-state index >= 15 is 0 Å². The molecule has 1 atom stereocenters. The molecule has 0 unspecified atom stereocenters. The van der Waals surface area contributed by atoms with Crippen molar-refractivity contribution < 1.29 is 18.3 Å². The van der Waals surface area contributed by atoms with Crippen LogP contribution in [0.1, 0.15) is 62.2 Å². The van der Waals surface area contributed by atoms with Crippen molar-refractivity contribution in [3.63, 3.8) is 0 Å². The lowest BCUT2D eigenvalue weighted by atomic mass is 9.96. The lowest BCUT2D eigenvalue weighted by Gasteiger charge is -2.30. The minimum absolute atomic E-state index is 0.0368. The van der Waals surface area contributed by atoms with E-state index in [4.69, 9.17) is 5.11 Å². The van der Waals surface area contributed by atoms with E-state index in [2.05, 4.69) is 5.32 Å². The Balaban J connectivity index is 2.01. The Hall–Kier alpha value is -1.44. The molecule has 0 aromatic heterocycles. The number of aliphatic hydroxyl groups is 1. The van der Waals surface area contributed by atoms with Gasteiger partial charge >= 0.3 is 0 Å². The molecule has 1 aromatic carbocycles. The van der Waals surface area contributed by atoms with Crippen LogP contribution in [0, 0.1) is 5.92 Å². The summed E-state index contributed by atoms with van der Waals surface area (Å²) in [5.74, 6) is -0.0604. The number of hydrogen-bond donors (Lipinski definition) is 2. The van der Waals surface area contributed by atoms with Crippen LogP contribution >= 0.6 is 0 Å². The highest BCUT2D eigenvalue weighted by molar-refractivity contribution is 7.89. The van der Waals surface area contributed by atoms with Crippen LogP contribution < -0.4 is 5.32 Å². The number of aliphatic hydroxyl groups excluding tert-OH is 1. The van der Waals surface area contributed by atoms with Gasteiger partial charge in [-0.05, 0) is 49.8 Å². The SMILES string of the molecule is C[C@H](CO)CCCNC(=O)c1cccc(S(=O)(=O)N(C)C2CCCCC2)c1. The van der Waals surface area contributed by atoms with Crippen LogP contribution in [-0.2, 0) is 10.0 Å². The van der Waals surface area contributed by atoms with Crippen LogP contribution in [0.3, 0.4) is 0 Å². The number of benzene rings is 1. The van der Waals surface area contributed by atoms with Crippen molar-refractivity contribution in [2.45, 2.75) is 62.8 Å². The Morgan fingerprint density at radius 2 is 2.00 bits per heavy atom. The number of amides is 1. The Bertz CT molecular complexity index is 714. The molecule has 6 nitrogen and oxygen atoms in total. The molecular formula is C20H32N2O4S. The molecule has 0 radical (unpaired) electrons. The Morgan fingerprint density at radius 3 is 2.67 bits per heavy atom. The summed E-state index contributed by atoms with van der Waals surface area (Å²) in [6.07, 6.45) is 6.67. The molecule has 0 aliphatic heterocycles. The van der Waals surface area contributed by atoms with E-state index in [-0.39, 0.29) is 29.4 Å². The summed E-state index contributed by atoms with van der Waals surface area (Å²) in [5.41, 5.74) is 0.350. The first-order valence-electron chi connectivity index (χ1n) is 9.83. The highest BCUT2D eigenvalue weighted by Crippen LogP contribution is 2.26. The highest BCUT2D eigenvalue weighted by Gasteiger charge is 2.29.